The SMILES string of the molecule is Cc1c(C(N)=O)sc(NC(=O)c2ccc(COc3ccc(F)cc3Cl)o2)c1C(=O)OC(C)C. The van der Waals surface area contributed by atoms with Gasteiger partial charge in [0.05, 0.1) is 21.6 Å². The summed E-state index contributed by atoms with van der Waals surface area (Å²) in [4.78, 5) is 37.1. The normalized spacial score (nSPS) is 10.8. The van der Waals surface area contributed by atoms with Gasteiger partial charge in [-0.2, -0.15) is 0 Å². The second kappa shape index (κ2) is 10.1. The van der Waals surface area contributed by atoms with Crippen LogP contribution in [0.1, 0.15) is 55.8 Å². The number of ether oxygens (including phenoxy) is 2. The van der Waals surface area contributed by atoms with Crippen molar-refractivity contribution in [2.24, 2.45) is 5.73 Å². The van der Waals surface area contributed by atoms with E-state index in [0.717, 1.165) is 17.4 Å². The Kier molecular flexibility index (Phi) is 7.39. The minimum atomic E-state index is -0.728. The zero-order chi connectivity index (χ0) is 24.3. The third-order valence-corrected chi connectivity index (χ3v) is 5.81. The molecular formula is C22H20ClFN2O6S. The van der Waals surface area contributed by atoms with Crippen molar-refractivity contribution in [2.75, 3.05) is 5.32 Å². The summed E-state index contributed by atoms with van der Waals surface area (Å²) in [6.45, 7) is 4.84. The summed E-state index contributed by atoms with van der Waals surface area (Å²) in [5.41, 5.74) is 5.76. The van der Waals surface area contributed by atoms with Crippen LogP contribution in [-0.2, 0) is 11.3 Å². The molecule has 0 fully saturated rings. The molecule has 0 aliphatic carbocycles. The zero-order valence-electron chi connectivity index (χ0n) is 17.9. The van der Waals surface area contributed by atoms with Gasteiger partial charge in [-0.05, 0) is 56.7 Å². The lowest BCUT2D eigenvalue weighted by atomic mass is 10.1. The van der Waals surface area contributed by atoms with Crippen LogP contribution in [-0.4, -0.2) is 23.9 Å². The number of carbonyl (C=O) groups is 3. The number of hydrogen-bond donors (Lipinski definition) is 2. The molecule has 0 spiro atoms. The molecule has 174 valence electrons. The highest BCUT2D eigenvalue weighted by atomic mass is 35.5. The van der Waals surface area contributed by atoms with E-state index in [4.69, 9.17) is 31.2 Å². The number of carbonyl (C=O) groups excluding carboxylic acids is 3. The van der Waals surface area contributed by atoms with E-state index in [1.165, 1.54) is 24.3 Å². The highest BCUT2D eigenvalue weighted by Gasteiger charge is 2.27. The zero-order valence-corrected chi connectivity index (χ0v) is 19.4. The molecule has 0 radical (unpaired) electrons. The van der Waals surface area contributed by atoms with Gasteiger partial charge in [-0.1, -0.05) is 11.6 Å². The maximum atomic E-state index is 13.1. The molecule has 0 bridgehead atoms. The molecule has 0 atom stereocenters. The van der Waals surface area contributed by atoms with Crippen molar-refractivity contribution in [3.8, 4) is 5.75 Å². The Morgan fingerprint density at radius 3 is 2.61 bits per heavy atom. The molecule has 0 saturated heterocycles. The number of benzene rings is 1. The lowest BCUT2D eigenvalue weighted by Gasteiger charge is -2.10. The molecule has 2 amide bonds. The van der Waals surface area contributed by atoms with Crippen LogP contribution >= 0.6 is 22.9 Å². The van der Waals surface area contributed by atoms with Crippen LogP contribution in [0.15, 0.2) is 34.7 Å². The molecule has 0 unspecified atom stereocenters. The van der Waals surface area contributed by atoms with E-state index in [9.17, 15) is 18.8 Å². The number of esters is 1. The number of furan rings is 1. The highest BCUT2D eigenvalue weighted by Crippen LogP contribution is 2.34. The number of anilines is 1. The molecule has 0 aliphatic rings. The third-order valence-electron chi connectivity index (χ3n) is 4.29. The smallest absolute Gasteiger partial charge is 0.341 e. The molecule has 3 rings (SSSR count). The first kappa shape index (κ1) is 24.3. The predicted molar refractivity (Wildman–Crippen MR) is 121 cm³/mol. The summed E-state index contributed by atoms with van der Waals surface area (Å²) < 4.78 is 29.3. The number of nitrogens with two attached hydrogens (primary N) is 1. The average Bonchev–Trinajstić information content (AvgIpc) is 3.31. The maximum absolute atomic E-state index is 13.1. The van der Waals surface area contributed by atoms with Crippen LogP contribution in [0.2, 0.25) is 5.02 Å². The summed E-state index contributed by atoms with van der Waals surface area (Å²) in [7, 11) is 0. The molecule has 3 aromatic rings. The molecule has 33 heavy (non-hydrogen) atoms. The summed E-state index contributed by atoms with van der Waals surface area (Å²) in [6.07, 6.45) is -0.403. The van der Waals surface area contributed by atoms with E-state index in [1.807, 2.05) is 0 Å². The van der Waals surface area contributed by atoms with Crippen molar-refractivity contribution in [3.05, 3.63) is 68.7 Å². The fraction of sp³-hybridized carbons (Fsp3) is 0.227. The molecule has 8 nitrogen and oxygen atoms in total. The number of amides is 2. The van der Waals surface area contributed by atoms with Crippen molar-refractivity contribution < 1.29 is 32.7 Å². The van der Waals surface area contributed by atoms with Gasteiger partial charge in [0.1, 0.15) is 28.9 Å². The first-order chi connectivity index (χ1) is 15.6. The lowest BCUT2D eigenvalue weighted by molar-refractivity contribution is 0.0379. The first-order valence-corrected chi connectivity index (χ1v) is 10.9. The van der Waals surface area contributed by atoms with Crippen LogP contribution < -0.4 is 15.8 Å². The molecule has 0 saturated carbocycles. The van der Waals surface area contributed by atoms with Crippen molar-refractivity contribution in [1.29, 1.82) is 0 Å². The molecule has 2 aromatic heterocycles. The quantitative estimate of drug-likeness (QED) is 0.428. The number of thiophene rings is 1. The van der Waals surface area contributed by atoms with E-state index >= 15 is 0 Å². The van der Waals surface area contributed by atoms with Gasteiger partial charge in [0.15, 0.2) is 5.76 Å². The Morgan fingerprint density at radius 1 is 1.24 bits per heavy atom. The minimum absolute atomic E-state index is 0.0527. The minimum Gasteiger partial charge on any atom is -0.484 e. The topological polar surface area (TPSA) is 121 Å². The van der Waals surface area contributed by atoms with Crippen LogP contribution in [0.4, 0.5) is 9.39 Å². The van der Waals surface area contributed by atoms with Gasteiger partial charge < -0.3 is 24.9 Å². The lowest BCUT2D eigenvalue weighted by Crippen LogP contribution is -2.17. The van der Waals surface area contributed by atoms with Gasteiger partial charge in [0.2, 0.25) is 0 Å². The monoisotopic (exact) mass is 494 g/mol. The molecule has 11 heteroatoms. The van der Waals surface area contributed by atoms with Crippen molar-refractivity contribution in [3.63, 3.8) is 0 Å². The number of nitrogens with one attached hydrogen (secondary N) is 1. The molecule has 0 aliphatic heterocycles. The van der Waals surface area contributed by atoms with Crippen LogP contribution in [0.3, 0.4) is 0 Å². The van der Waals surface area contributed by atoms with Crippen molar-refractivity contribution >= 4 is 45.7 Å². The van der Waals surface area contributed by atoms with E-state index in [0.29, 0.717) is 11.3 Å². The Labute approximate surface area is 197 Å². The fourth-order valence-corrected chi connectivity index (χ4v) is 4.10. The van der Waals surface area contributed by atoms with Gasteiger partial charge in [-0.25, -0.2) is 9.18 Å². The first-order valence-electron chi connectivity index (χ1n) is 9.69. The summed E-state index contributed by atoms with van der Waals surface area (Å²) in [6, 6.07) is 6.63. The standard InChI is InChI=1S/C22H20ClFN2O6S/c1-10(2)31-22(29)17-11(3)18(19(25)27)33-21(17)26-20(28)16-7-5-13(32-16)9-30-15-6-4-12(24)8-14(15)23/h4-8,10H,9H2,1-3H3,(H2,25,27)(H,26,28). The number of hydrogen-bond acceptors (Lipinski definition) is 7. The second-order valence-corrected chi connectivity index (χ2v) is 8.59. The Balaban J connectivity index is 1.76. The van der Waals surface area contributed by atoms with Gasteiger partial charge in [-0.15, -0.1) is 11.3 Å². The van der Waals surface area contributed by atoms with Gasteiger partial charge >= 0.3 is 5.97 Å². The predicted octanol–water partition coefficient (Wildman–Crippen LogP) is 4.94. The largest absolute Gasteiger partial charge is 0.484 e. The summed E-state index contributed by atoms with van der Waals surface area (Å²) >= 11 is 6.79. The Bertz CT molecular complexity index is 1220. The van der Waals surface area contributed by atoms with Gasteiger partial charge in [0.25, 0.3) is 11.8 Å². The average molecular weight is 495 g/mol. The number of rotatable bonds is 8. The van der Waals surface area contributed by atoms with Crippen LogP contribution in [0, 0.1) is 12.7 Å². The molecule has 3 N–H and O–H groups in total. The third kappa shape index (κ3) is 5.71. The molecular weight excluding hydrogens is 475 g/mol. The summed E-state index contributed by atoms with van der Waals surface area (Å²) in [5, 5.41) is 2.78. The number of primary amides is 1. The van der Waals surface area contributed by atoms with Gasteiger partial charge in [-0.3, -0.25) is 9.59 Å². The van der Waals surface area contributed by atoms with Crippen molar-refractivity contribution in [1.82, 2.24) is 0 Å². The van der Waals surface area contributed by atoms with Crippen LogP contribution in [0.5, 0.6) is 5.75 Å². The second-order valence-electron chi connectivity index (χ2n) is 7.16. The van der Waals surface area contributed by atoms with E-state index in [-0.39, 0.29) is 38.6 Å². The fourth-order valence-electron chi connectivity index (χ4n) is 2.84. The molecule has 1 aromatic carbocycles. The van der Waals surface area contributed by atoms with E-state index < -0.39 is 29.7 Å². The molecule has 2 heterocycles. The number of halogens is 2. The summed E-state index contributed by atoms with van der Waals surface area (Å²) in [5.74, 6) is -2.07. The van der Waals surface area contributed by atoms with E-state index in [2.05, 4.69) is 5.32 Å². The van der Waals surface area contributed by atoms with Gasteiger partial charge in [0, 0.05) is 0 Å². The maximum Gasteiger partial charge on any atom is 0.341 e. The Morgan fingerprint density at radius 2 is 1.97 bits per heavy atom. The Hall–Kier alpha value is -3.37. The van der Waals surface area contributed by atoms with E-state index in [1.54, 1.807) is 20.8 Å². The highest BCUT2D eigenvalue weighted by molar-refractivity contribution is 7.18. The van der Waals surface area contributed by atoms with Crippen molar-refractivity contribution in [2.45, 2.75) is 33.5 Å². The van der Waals surface area contributed by atoms with Crippen LogP contribution in [0.25, 0.3) is 0 Å².